The maximum absolute atomic E-state index is 13.0. The summed E-state index contributed by atoms with van der Waals surface area (Å²) in [6, 6.07) is 26.4. The standard InChI is InChI=1S/C25H17IN4O2/c26-21-14-17(10-11-24(21)32-13-12-27)16-28-30-25(31)20-15-23(18-6-2-1-3-7-18)29-22-9-5-4-8-19(20)22/h1-11,14-16H,13H2,(H,30,31)/b28-16+. The number of carbonyl (C=O) groups is 1. The minimum atomic E-state index is -0.319. The first-order chi connectivity index (χ1) is 15.7. The van der Waals surface area contributed by atoms with Crippen molar-refractivity contribution in [1.29, 1.82) is 5.26 Å². The van der Waals surface area contributed by atoms with Crippen molar-refractivity contribution in [2.24, 2.45) is 5.10 Å². The third-order valence-corrected chi connectivity index (χ3v) is 5.50. The van der Waals surface area contributed by atoms with Gasteiger partial charge in [0.05, 0.1) is 26.6 Å². The summed E-state index contributed by atoms with van der Waals surface area (Å²) >= 11 is 2.13. The Balaban J connectivity index is 1.58. The van der Waals surface area contributed by atoms with E-state index in [0.29, 0.717) is 11.3 Å². The van der Waals surface area contributed by atoms with Crippen LogP contribution in [0.2, 0.25) is 0 Å². The van der Waals surface area contributed by atoms with E-state index in [2.05, 4.69) is 33.1 Å². The summed E-state index contributed by atoms with van der Waals surface area (Å²) in [4.78, 5) is 17.7. The van der Waals surface area contributed by atoms with E-state index in [1.807, 2.05) is 66.7 Å². The number of amides is 1. The zero-order chi connectivity index (χ0) is 22.3. The topological polar surface area (TPSA) is 87.4 Å². The molecule has 0 atom stereocenters. The molecule has 1 amide bonds. The number of halogens is 1. The van der Waals surface area contributed by atoms with Gasteiger partial charge >= 0.3 is 0 Å². The van der Waals surface area contributed by atoms with E-state index in [4.69, 9.17) is 15.0 Å². The zero-order valence-electron chi connectivity index (χ0n) is 16.8. The van der Waals surface area contributed by atoms with Crippen molar-refractivity contribution in [3.05, 3.63) is 93.6 Å². The number of pyridine rings is 1. The monoisotopic (exact) mass is 532 g/mol. The normalized spacial score (nSPS) is 10.8. The lowest BCUT2D eigenvalue weighted by Crippen LogP contribution is -2.18. The van der Waals surface area contributed by atoms with Crippen molar-refractivity contribution >= 4 is 45.6 Å². The van der Waals surface area contributed by atoms with Crippen molar-refractivity contribution < 1.29 is 9.53 Å². The Morgan fingerprint density at radius 3 is 2.66 bits per heavy atom. The van der Waals surface area contributed by atoms with Gasteiger partial charge in [-0.05, 0) is 58.5 Å². The van der Waals surface area contributed by atoms with Gasteiger partial charge < -0.3 is 4.74 Å². The molecule has 32 heavy (non-hydrogen) atoms. The third kappa shape index (κ3) is 4.92. The van der Waals surface area contributed by atoms with Crippen LogP contribution in [0.5, 0.6) is 5.75 Å². The predicted octanol–water partition coefficient (Wildman–Crippen LogP) is 5.17. The van der Waals surface area contributed by atoms with Gasteiger partial charge in [-0.1, -0.05) is 48.5 Å². The SMILES string of the molecule is N#CCOc1ccc(/C=N/NC(=O)c2cc(-c3ccccc3)nc3ccccc23)cc1I. The maximum atomic E-state index is 13.0. The van der Waals surface area contributed by atoms with E-state index in [-0.39, 0.29) is 12.5 Å². The molecule has 0 radical (unpaired) electrons. The van der Waals surface area contributed by atoms with E-state index in [0.717, 1.165) is 31.3 Å². The summed E-state index contributed by atoms with van der Waals surface area (Å²) in [6.45, 7) is -0.00957. The minimum Gasteiger partial charge on any atom is -0.478 e. The van der Waals surface area contributed by atoms with Crippen LogP contribution in [-0.2, 0) is 0 Å². The van der Waals surface area contributed by atoms with Crippen LogP contribution in [0, 0.1) is 14.9 Å². The molecule has 0 bridgehead atoms. The second-order valence-electron chi connectivity index (χ2n) is 6.77. The van der Waals surface area contributed by atoms with Crippen LogP contribution in [0.3, 0.4) is 0 Å². The van der Waals surface area contributed by atoms with Gasteiger partial charge in [0.1, 0.15) is 11.8 Å². The molecule has 1 N–H and O–H groups in total. The quantitative estimate of drug-likeness (QED) is 0.211. The Morgan fingerprint density at radius 2 is 1.88 bits per heavy atom. The summed E-state index contributed by atoms with van der Waals surface area (Å²) in [6.07, 6.45) is 1.57. The Morgan fingerprint density at radius 1 is 1.09 bits per heavy atom. The van der Waals surface area contributed by atoms with Crippen LogP contribution in [0.1, 0.15) is 15.9 Å². The van der Waals surface area contributed by atoms with E-state index < -0.39 is 0 Å². The van der Waals surface area contributed by atoms with Crippen molar-refractivity contribution in [3.63, 3.8) is 0 Å². The van der Waals surface area contributed by atoms with Crippen molar-refractivity contribution in [1.82, 2.24) is 10.4 Å². The van der Waals surface area contributed by atoms with Crippen LogP contribution >= 0.6 is 22.6 Å². The first-order valence-electron chi connectivity index (χ1n) is 9.73. The van der Waals surface area contributed by atoms with Gasteiger partial charge in [0, 0.05) is 10.9 Å². The zero-order valence-corrected chi connectivity index (χ0v) is 19.0. The fourth-order valence-electron chi connectivity index (χ4n) is 3.17. The molecule has 4 aromatic rings. The van der Waals surface area contributed by atoms with Gasteiger partial charge in [-0.2, -0.15) is 10.4 Å². The highest BCUT2D eigenvalue weighted by Gasteiger charge is 2.13. The number of rotatable bonds is 6. The molecule has 0 aliphatic rings. The fourth-order valence-corrected chi connectivity index (χ4v) is 3.87. The number of hydrogen-bond donors (Lipinski definition) is 1. The first-order valence-corrected chi connectivity index (χ1v) is 10.8. The number of benzene rings is 3. The molecular formula is C25H17IN4O2. The van der Waals surface area contributed by atoms with E-state index in [1.54, 1.807) is 24.4 Å². The average molecular weight is 532 g/mol. The number of nitrogens with zero attached hydrogens (tertiary/aromatic N) is 3. The summed E-state index contributed by atoms with van der Waals surface area (Å²) in [7, 11) is 0. The van der Waals surface area contributed by atoms with Gasteiger partial charge in [0.2, 0.25) is 0 Å². The molecule has 4 rings (SSSR count). The molecule has 0 spiro atoms. The van der Waals surface area contributed by atoms with Crippen LogP contribution in [0.25, 0.3) is 22.2 Å². The molecule has 6 nitrogen and oxygen atoms in total. The lowest BCUT2D eigenvalue weighted by atomic mass is 10.0. The van der Waals surface area contributed by atoms with Gasteiger partial charge in [-0.15, -0.1) is 0 Å². The summed E-state index contributed by atoms with van der Waals surface area (Å²) in [5.41, 5.74) is 6.31. The number of aromatic nitrogens is 1. The predicted molar refractivity (Wildman–Crippen MR) is 133 cm³/mol. The van der Waals surface area contributed by atoms with Crippen molar-refractivity contribution in [2.45, 2.75) is 0 Å². The van der Waals surface area contributed by atoms with E-state index in [9.17, 15) is 4.79 Å². The van der Waals surface area contributed by atoms with Gasteiger partial charge in [0.25, 0.3) is 5.91 Å². The Bertz CT molecular complexity index is 1350. The van der Waals surface area contributed by atoms with E-state index >= 15 is 0 Å². The molecule has 1 aromatic heterocycles. The molecule has 0 aliphatic carbocycles. The summed E-state index contributed by atoms with van der Waals surface area (Å²) in [5.74, 6) is 0.311. The highest BCUT2D eigenvalue weighted by atomic mass is 127. The van der Waals surface area contributed by atoms with Crippen LogP contribution in [-0.4, -0.2) is 23.7 Å². The molecule has 0 aliphatic heterocycles. The average Bonchev–Trinajstić information content (AvgIpc) is 2.83. The minimum absolute atomic E-state index is 0.00957. The second-order valence-corrected chi connectivity index (χ2v) is 7.94. The molecular weight excluding hydrogens is 515 g/mol. The number of nitrogens with one attached hydrogen (secondary N) is 1. The number of nitriles is 1. The lowest BCUT2D eigenvalue weighted by molar-refractivity contribution is 0.0956. The number of hydrazone groups is 1. The van der Waals surface area contributed by atoms with Gasteiger partial charge in [-0.25, -0.2) is 10.4 Å². The fraction of sp³-hybridized carbons (Fsp3) is 0.0400. The highest BCUT2D eigenvalue weighted by Crippen LogP contribution is 2.25. The molecule has 0 fully saturated rings. The van der Waals surface area contributed by atoms with Crippen LogP contribution < -0.4 is 10.2 Å². The molecule has 0 saturated heterocycles. The highest BCUT2D eigenvalue weighted by molar-refractivity contribution is 14.1. The third-order valence-electron chi connectivity index (χ3n) is 4.66. The van der Waals surface area contributed by atoms with Crippen molar-refractivity contribution in [2.75, 3.05) is 6.61 Å². The van der Waals surface area contributed by atoms with Crippen LogP contribution in [0.4, 0.5) is 0 Å². The Hall–Kier alpha value is -3.77. The number of carbonyl (C=O) groups excluding carboxylic acids is 1. The van der Waals surface area contributed by atoms with Crippen molar-refractivity contribution in [3.8, 4) is 23.1 Å². The largest absolute Gasteiger partial charge is 0.478 e. The first kappa shape index (κ1) is 21.5. The maximum Gasteiger partial charge on any atom is 0.272 e. The van der Waals surface area contributed by atoms with Gasteiger partial charge in [0.15, 0.2) is 6.61 Å². The number of para-hydroxylation sites is 1. The van der Waals surface area contributed by atoms with E-state index in [1.165, 1.54) is 0 Å². The van der Waals surface area contributed by atoms with Crippen LogP contribution in [0.15, 0.2) is 84.0 Å². The lowest BCUT2D eigenvalue weighted by Gasteiger charge is -2.09. The molecule has 7 heteroatoms. The van der Waals surface area contributed by atoms with Gasteiger partial charge in [-0.3, -0.25) is 4.79 Å². The second kappa shape index (κ2) is 10.0. The molecule has 1 heterocycles. The molecule has 0 saturated carbocycles. The smallest absolute Gasteiger partial charge is 0.272 e. The Kier molecular flexibility index (Phi) is 6.72. The molecule has 156 valence electrons. The number of fused-ring (bicyclic) bond motifs is 1. The summed E-state index contributed by atoms with van der Waals surface area (Å²) in [5, 5.41) is 13.5. The Labute approximate surface area is 198 Å². The number of hydrogen-bond acceptors (Lipinski definition) is 5. The summed E-state index contributed by atoms with van der Waals surface area (Å²) < 4.78 is 6.19. The number of ether oxygens (including phenoxy) is 1. The molecule has 3 aromatic carbocycles. The molecule has 0 unspecified atom stereocenters.